The number of nitrogens with zero attached hydrogens (tertiary/aromatic N) is 2. The second kappa shape index (κ2) is 6.35. The summed E-state index contributed by atoms with van der Waals surface area (Å²) in [5.41, 5.74) is 1.78. The molecule has 0 radical (unpaired) electrons. The Morgan fingerprint density at radius 3 is 2.58 bits per heavy atom. The minimum absolute atomic E-state index is 0.112. The van der Waals surface area contributed by atoms with Gasteiger partial charge in [0.25, 0.3) is 0 Å². The molecule has 1 amide bonds. The summed E-state index contributed by atoms with van der Waals surface area (Å²) >= 11 is 0. The highest BCUT2D eigenvalue weighted by Crippen LogP contribution is 2.18. The van der Waals surface area contributed by atoms with Gasteiger partial charge >= 0.3 is 0 Å². The Morgan fingerprint density at radius 2 is 2.00 bits per heavy atom. The molecule has 1 aliphatic heterocycles. The Kier molecular flexibility index (Phi) is 4.53. The summed E-state index contributed by atoms with van der Waals surface area (Å²) in [4.78, 5) is 14.4. The predicted molar refractivity (Wildman–Crippen MR) is 74.6 cm³/mol. The molecule has 1 heterocycles. The molecule has 1 aliphatic rings. The Bertz CT molecular complexity index is 467. The lowest BCUT2D eigenvalue weighted by atomic mass is 9.96. The number of carbonyl (C=O) groups excluding carboxylic acids is 1. The third-order valence-corrected chi connectivity index (χ3v) is 3.59. The van der Waals surface area contributed by atoms with Crippen molar-refractivity contribution >= 4 is 11.6 Å². The van der Waals surface area contributed by atoms with Gasteiger partial charge in [0.2, 0.25) is 5.91 Å². The topological polar surface area (TPSA) is 56.1 Å². The zero-order valence-corrected chi connectivity index (χ0v) is 11.2. The molecule has 0 aromatic heterocycles. The number of nitrogens with one attached hydrogen (secondary N) is 1. The summed E-state index contributed by atoms with van der Waals surface area (Å²) in [5.74, 6) is 0.233. The molecule has 0 atom stereocenters. The number of benzene rings is 1. The van der Waals surface area contributed by atoms with Crippen LogP contribution in [0.2, 0.25) is 0 Å². The zero-order valence-electron chi connectivity index (χ0n) is 11.2. The fourth-order valence-electron chi connectivity index (χ4n) is 2.31. The lowest BCUT2D eigenvalue weighted by Crippen LogP contribution is -2.35. The van der Waals surface area contributed by atoms with E-state index >= 15 is 0 Å². The molecule has 0 saturated carbocycles. The average Bonchev–Trinajstić information content (AvgIpc) is 2.42. The van der Waals surface area contributed by atoms with Crippen LogP contribution in [0, 0.1) is 17.2 Å². The highest BCUT2D eigenvalue weighted by molar-refractivity contribution is 5.92. The normalized spacial score (nSPS) is 16.8. The molecule has 100 valence electrons. The van der Waals surface area contributed by atoms with Crippen molar-refractivity contribution in [3.05, 3.63) is 29.8 Å². The summed E-state index contributed by atoms with van der Waals surface area (Å²) in [6.45, 7) is 1.97. The minimum Gasteiger partial charge on any atom is -0.326 e. The zero-order chi connectivity index (χ0) is 13.7. The highest BCUT2D eigenvalue weighted by atomic mass is 16.1. The molecule has 1 aromatic carbocycles. The van der Waals surface area contributed by atoms with Crippen molar-refractivity contribution in [2.45, 2.75) is 19.3 Å². The van der Waals surface area contributed by atoms with E-state index in [1.807, 2.05) is 24.3 Å². The molecule has 19 heavy (non-hydrogen) atoms. The first-order chi connectivity index (χ1) is 9.19. The molecule has 1 saturated heterocycles. The summed E-state index contributed by atoms with van der Waals surface area (Å²) in [6, 6.07) is 9.59. The van der Waals surface area contributed by atoms with Crippen LogP contribution in [0.4, 0.5) is 5.69 Å². The fraction of sp³-hybridized carbons (Fsp3) is 0.467. The fourth-order valence-corrected chi connectivity index (χ4v) is 2.31. The van der Waals surface area contributed by atoms with E-state index in [1.165, 1.54) is 0 Å². The Morgan fingerprint density at radius 1 is 1.37 bits per heavy atom. The molecular formula is C15H19N3O. The summed E-state index contributed by atoms with van der Waals surface area (Å²) in [7, 11) is 2.09. The van der Waals surface area contributed by atoms with Crippen molar-refractivity contribution in [3.8, 4) is 6.07 Å². The van der Waals surface area contributed by atoms with Crippen molar-refractivity contribution in [2.24, 2.45) is 5.92 Å². The number of likely N-dealkylation sites (tertiary alicyclic amines) is 1. The van der Waals surface area contributed by atoms with Crippen LogP contribution >= 0.6 is 0 Å². The number of hydrogen-bond donors (Lipinski definition) is 1. The lowest BCUT2D eigenvalue weighted by Gasteiger charge is -2.28. The molecule has 4 heteroatoms. The van der Waals surface area contributed by atoms with Crippen molar-refractivity contribution in [2.75, 3.05) is 25.5 Å². The van der Waals surface area contributed by atoms with Gasteiger partial charge in [0.15, 0.2) is 0 Å². The minimum atomic E-state index is 0.112. The van der Waals surface area contributed by atoms with Crippen molar-refractivity contribution < 1.29 is 4.79 Å². The monoisotopic (exact) mass is 257 g/mol. The maximum absolute atomic E-state index is 12.1. The van der Waals surface area contributed by atoms with Gasteiger partial charge in [0.1, 0.15) is 0 Å². The van der Waals surface area contributed by atoms with Crippen LogP contribution in [0.15, 0.2) is 24.3 Å². The highest BCUT2D eigenvalue weighted by Gasteiger charge is 2.23. The van der Waals surface area contributed by atoms with Crippen LogP contribution in [0.25, 0.3) is 0 Å². The second-order valence-corrected chi connectivity index (χ2v) is 5.10. The SMILES string of the molecule is CN1CCC(C(=O)Nc2ccc(CC#N)cc2)CC1. The molecule has 1 aromatic rings. The molecule has 4 nitrogen and oxygen atoms in total. The first kappa shape index (κ1) is 13.6. The molecule has 1 fully saturated rings. The van der Waals surface area contributed by atoms with E-state index < -0.39 is 0 Å². The number of piperidine rings is 1. The van der Waals surface area contributed by atoms with Crippen LogP contribution in [0.1, 0.15) is 18.4 Å². The number of nitriles is 1. The maximum Gasteiger partial charge on any atom is 0.227 e. The second-order valence-electron chi connectivity index (χ2n) is 5.10. The van der Waals surface area contributed by atoms with E-state index in [-0.39, 0.29) is 11.8 Å². The van der Waals surface area contributed by atoms with Gasteiger partial charge in [-0.25, -0.2) is 0 Å². The van der Waals surface area contributed by atoms with Crippen molar-refractivity contribution in [1.82, 2.24) is 4.90 Å². The van der Waals surface area contributed by atoms with E-state index in [0.717, 1.165) is 37.2 Å². The molecule has 1 N–H and O–H groups in total. The van der Waals surface area contributed by atoms with Crippen LogP contribution in [0.3, 0.4) is 0 Å². The van der Waals surface area contributed by atoms with E-state index in [9.17, 15) is 4.79 Å². The van der Waals surface area contributed by atoms with E-state index in [0.29, 0.717) is 6.42 Å². The average molecular weight is 257 g/mol. The van der Waals surface area contributed by atoms with Gasteiger partial charge in [-0.15, -0.1) is 0 Å². The van der Waals surface area contributed by atoms with Gasteiger partial charge in [-0.1, -0.05) is 12.1 Å². The molecule has 2 rings (SSSR count). The third kappa shape index (κ3) is 3.80. The van der Waals surface area contributed by atoms with Crippen LogP contribution in [-0.4, -0.2) is 30.9 Å². The third-order valence-electron chi connectivity index (χ3n) is 3.59. The number of hydrogen-bond acceptors (Lipinski definition) is 3. The predicted octanol–water partition coefficient (Wildman–Crippen LogP) is 2.03. The van der Waals surface area contributed by atoms with Gasteiger partial charge in [-0.05, 0) is 50.7 Å². The Labute approximate surface area is 114 Å². The number of amides is 1. The summed E-state index contributed by atoms with van der Waals surface area (Å²) in [6.07, 6.45) is 2.26. The Balaban J connectivity index is 1.90. The van der Waals surface area contributed by atoms with Crippen LogP contribution in [-0.2, 0) is 11.2 Å². The first-order valence-electron chi connectivity index (χ1n) is 6.64. The van der Waals surface area contributed by atoms with Gasteiger partial charge < -0.3 is 10.2 Å². The van der Waals surface area contributed by atoms with Gasteiger partial charge in [0.05, 0.1) is 12.5 Å². The lowest BCUT2D eigenvalue weighted by molar-refractivity contribution is -0.121. The quantitative estimate of drug-likeness (QED) is 0.901. The van der Waals surface area contributed by atoms with Gasteiger partial charge in [-0.2, -0.15) is 5.26 Å². The number of anilines is 1. The van der Waals surface area contributed by atoms with E-state index in [1.54, 1.807) is 0 Å². The van der Waals surface area contributed by atoms with Gasteiger partial charge in [-0.3, -0.25) is 4.79 Å². The summed E-state index contributed by atoms with van der Waals surface area (Å²) in [5, 5.41) is 11.6. The molecule has 0 spiro atoms. The van der Waals surface area contributed by atoms with Crippen molar-refractivity contribution in [1.29, 1.82) is 5.26 Å². The van der Waals surface area contributed by atoms with Crippen LogP contribution in [0.5, 0.6) is 0 Å². The molecule has 0 aliphatic carbocycles. The molecular weight excluding hydrogens is 238 g/mol. The van der Waals surface area contributed by atoms with Crippen molar-refractivity contribution in [3.63, 3.8) is 0 Å². The Hall–Kier alpha value is -1.86. The summed E-state index contributed by atoms with van der Waals surface area (Å²) < 4.78 is 0. The number of rotatable bonds is 3. The smallest absolute Gasteiger partial charge is 0.227 e. The molecule has 0 unspecified atom stereocenters. The van der Waals surface area contributed by atoms with E-state index in [4.69, 9.17) is 5.26 Å². The number of carbonyl (C=O) groups is 1. The first-order valence-corrected chi connectivity index (χ1v) is 6.64. The standard InChI is InChI=1S/C15H19N3O/c1-18-10-7-13(8-11-18)15(19)17-14-4-2-12(3-5-14)6-9-16/h2-5,13H,6-8,10-11H2,1H3,(H,17,19). The van der Waals surface area contributed by atoms with Crippen LogP contribution < -0.4 is 5.32 Å². The molecule has 0 bridgehead atoms. The van der Waals surface area contributed by atoms with Gasteiger partial charge in [0, 0.05) is 11.6 Å². The van der Waals surface area contributed by atoms with E-state index in [2.05, 4.69) is 23.3 Å². The largest absolute Gasteiger partial charge is 0.326 e. The maximum atomic E-state index is 12.1.